The third-order valence-electron chi connectivity index (χ3n) is 2.45. The largest absolute Gasteiger partial charge is 0.396 e. The molecule has 0 bridgehead atoms. The molecule has 0 aliphatic heterocycles. The van der Waals surface area contributed by atoms with E-state index in [1.54, 1.807) is 4.68 Å². The first-order chi connectivity index (χ1) is 7.72. The quantitative estimate of drug-likeness (QED) is 0.661. The van der Waals surface area contributed by atoms with Crippen molar-refractivity contribution in [2.24, 2.45) is 12.8 Å². The van der Waals surface area contributed by atoms with Crippen molar-refractivity contribution < 1.29 is 9.84 Å². The van der Waals surface area contributed by atoms with Gasteiger partial charge in [-0.15, -0.1) is 0 Å². The minimum absolute atomic E-state index is 0.116. The molecule has 1 rings (SSSR count). The number of aryl methyl sites for hydroxylation is 2. The lowest BCUT2D eigenvalue weighted by atomic mass is 10.1. The molecule has 0 aromatic carbocycles. The zero-order valence-corrected chi connectivity index (χ0v) is 10.0. The van der Waals surface area contributed by atoms with Crippen molar-refractivity contribution in [2.45, 2.75) is 25.9 Å². The maximum Gasteiger partial charge on any atom is 0.0980 e. The topological polar surface area (TPSA) is 73.3 Å². The van der Waals surface area contributed by atoms with Gasteiger partial charge >= 0.3 is 0 Å². The van der Waals surface area contributed by atoms with Gasteiger partial charge in [-0.2, -0.15) is 5.10 Å². The number of hydrogen-bond acceptors (Lipinski definition) is 4. The fraction of sp³-hybridized carbons (Fsp3) is 0.727. The average Bonchev–Trinajstić information content (AvgIpc) is 2.66. The van der Waals surface area contributed by atoms with Crippen LogP contribution in [-0.2, 0) is 18.2 Å². The molecule has 1 aromatic rings. The second kappa shape index (κ2) is 6.62. The smallest absolute Gasteiger partial charge is 0.0980 e. The Morgan fingerprint density at radius 1 is 1.62 bits per heavy atom. The maximum absolute atomic E-state index is 8.70. The molecule has 1 unspecified atom stereocenters. The van der Waals surface area contributed by atoms with E-state index in [1.807, 2.05) is 13.2 Å². The number of aliphatic hydroxyl groups excluding tert-OH is 1. The van der Waals surface area contributed by atoms with Crippen molar-refractivity contribution in [3.8, 4) is 0 Å². The summed E-state index contributed by atoms with van der Waals surface area (Å²) in [6.07, 6.45) is 3.35. The number of hydrogen-bond donors (Lipinski definition) is 2. The first-order valence-electron chi connectivity index (χ1n) is 5.67. The summed E-state index contributed by atoms with van der Waals surface area (Å²) < 4.78 is 7.42. The summed E-state index contributed by atoms with van der Waals surface area (Å²) in [7, 11) is 1.89. The number of ether oxygens (including phenoxy) is 1. The summed E-state index contributed by atoms with van der Waals surface area (Å²) >= 11 is 0. The minimum Gasteiger partial charge on any atom is -0.396 e. The molecular weight excluding hydrogens is 206 g/mol. The van der Waals surface area contributed by atoms with Crippen LogP contribution < -0.4 is 5.73 Å². The van der Waals surface area contributed by atoms with Gasteiger partial charge < -0.3 is 15.6 Å². The number of nitrogens with zero attached hydrogens (tertiary/aromatic N) is 2. The lowest BCUT2D eigenvalue weighted by Gasteiger charge is -2.15. The zero-order valence-electron chi connectivity index (χ0n) is 10.0. The lowest BCUT2D eigenvalue weighted by Crippen LogP contribution is -2.17. The number of aromatic nitrogens is 2. The Kier molecular flexibility index (Phi) is 5.45. The second-order valence-electron chi connectivity index (χ2n) is 3.73. The molecule has 1 aromatic heterocycles. The molecule has 16 heavy (non-hydrogen) atoms. The fourth-order valence-electron chi connectivity index (χ4n) is 1.67. The molecule has 1 atom stereocenters. The van der Waals surface area contributed by atoms with Crippen LogP contribution in [0, 0.1) is 0 Å². The Labute approximate surface area is 96.2 Å². The van der Waals surface area contributed by atoms with E-state index in [0.29, 0.717) is 19.6 Å². The Balaban J connectivity index is 2.69. The molecule has 0 amide bonds. The maximum atomic E-state index is 8.70. The molecule has 0 fully saturated rings. The molecule has 1 heterocycles. The Morgan fingerprint density at radius 2 is 2.38 bits per heavy atom. The highest BCUT2D eigenvalue weighted by Gasteiger charge is 2.16. The predicted molar refractivity (Wildman–Crippen MR) is 62.0 cm³/mol. The molecule has 3 N–H and O–H groups in total. The highest BCUT2D eigenvalue weighted by atomic mass is 16.5. The number of rotatable bonds is 7. The van der Waals surface area contributed by atoms with Gasteiger partial charge in [0.05, 0.1) is 11.8 Å². The molecule has 0 saturated heterocycles. The SMILES string of the molecule is CCc1nn(C)cc1C(CN)OCCCO. The van der Waals surface area contributed by atoms with Crippen molar-refractivity contribution in [3.05, 3.63) is 17.5 Å². The normalized spacial score (nSPS) is 13.0. The average molecular weight is 227 g/mol. The van der Waals surface area contributed by atoms with E-state index in [1.165, 1.54) is 0 Å². The summed E-state index contributed by atoms with van der Waals surface area (Å²) in [6.45, 7) is 3.17. The van der Waals surface area contributed by atoms with Crippen molar-refractivity contribution >= 4 is 0 Å². The van der Waals surface area contributed by atoms with Crippen molar-refractivity contribution in [1.29, 1.82) is 0 Å². The molecule has 0 radical (unpaired) electrons. The summed E-state index contributed by atoms with van der Waals surface area (Å²) in [5, 5.41) is 13.1. The van der Waals surface area contributed by atoms with Gasteiger partial charge in [-0.1, -0.05) is 6.92 Å². The van der Waals surface area contributed by atoms with E-state index in [0.717, 1.165) is 17.7 Å². The lowest BCUT2D eigenvalue weighted by molar-refractivity contribution is 0.0483. The molecule has 5 heteroatoms. The van der Waals surface area contributed by atoms with Gasteiger partial charge in [0.15, 0.2) is 0 Å². The first kappa shape index (κ1) is 13.2. The van der Waals surface area contributed by atoms with Gasteiger partial charge in [0.25, 0.3) is 0 Å². The third kappa shape index (κ3) is 3.30. The van der Waals surface area contributed by atoms with Gasteiger partial charge in [0.2, 0.25) is 0 Å². The van der Waals surface area contributed by atoms with Crippen LogP contribution >= 0.6 is 0 Å². The van der Waals surface area contributed by atoms with Crippen molar-refractivity contribution in [3.63, 3.8) is 0 Å². The zero-order chi connectivity index (χ0) is 12.0. The van der Waals surface area contributed by atoms with E-state index in [4.69, 9.17) is 15.6 Å². The summed E-state index contributed by atoms with van der Waals surface area (Å²) in [4.78, 5) is 0. The van der Waals surface area contributed by atoms with Gasteiger partial charge in [0.1, 0.15) is 0 Å². The highest BCUT2D eigenvalue weighted by molar-refractivity contribution is 5.20. The van der Waals surface area contributed by atoms with E-state index in [9.17, 15) is 0 Å². The van der Waals surface area contributed by atoms with E-state index < -0.39 is 0 Å². The standard InChI is InChI=1S/C11H21N3O2/c1-3-10-9(8-14(2)13-10)11(7-12)16-6-4-5-15/h8,11,15H,3-7,12H2,1-2H3. The molecule has 0 spiro atoms. The third-order valence-corrected chi connectivity index (χ3v) is 2.45. The number of aliphatic hydroxyl groups is 1. The van der Waals surface area contributed by atoms with Crippen LogP contribution in [0.15, 0.2) is 6.20 Å². The van der Waals surface area contributed by atoms with Crippen LogP contribution in [0.3, 0.4) is 0 Å². The van der Waals surface area contributed by atoms with Crippen LogP contribution in [0.5, 0.6) is 0 Å². The second-order valence-corrected chi connectivity index (χ2v) is 3.73. The summed E-state index contributed by atoms with van der Waals surface area (Å²) in [5.74, 6) is 0. The van der Waals surface area contributed by atoms with Gasteiger partial charge in [-0.05, 0) is 12.8 Å². The van der Waals surface area contributed by atoms with E-state index in [2.05, 4.69) is 12.0 Å². The van der Waals surface area contributed by atoms with Gasteiger partial charge in [-0.3, -0.25) is 4.68 Å². The first-order valence-corrected chi connectivity index (χ1v) is 5.67. The van der Waals surface area contributed by atoms with Crippen molar-refractivity contribution in [2.75, 3.05) is 19.8 Å². The summed E-state index contributed by atoms with van der Waals surface area (Å²) in [5.41, 5.74) is 7.79. The summed E-state index contributed by atoms with van der Waals surface area (Å²) in [6, 6.07) is 0. The van der Waals surface area contributed by atoms with Crippen LogP contribution in [0.2, 0.25) is 0 Å². The molecule has 0 aliphatic rings. The monoisotopic (exact) mass is 227 g/mol. The Hall–Kier alpha value is -0.910. The molecule has 5 nitrogen and oxygen atoms in total. The van der Waals surface area contributed by atoms with E-state index >= 15 is 0 Å². The Morgan fingerprint density at radius 3 is 2.94 bits per heavy atom. The van der Waals surface area contributed by atoms with Crippen LogP contribution in [0.25, 0.3) is 0 Å². The van der Waals surface area contributed by atoms with Crippen LogP contribution in [0.4, 0.5) is 0 Å². The fourth-order valence-corrected chi connectivity index (χ4v) is 1.67. The molecule has 92 valence electrons. The Bertz CT molecular complexity index is 312. The van der Waals surface area contributed by atoms with Crippen LogP contribution in [-0.4, -0.2) is 34.6 Å². The number of nitrogens with two attached hydrogens (primary N) is 1. The molecule has 0 aliphatic carbocycles. The highest BCUT2D eigenvalue weighted by Crippen LogP contribution is 2.20. The van der Waals surface area contributed by atoms with Gasteiger partial charge in [-0.25, -0.2) is 0 Å². The van der Waals surface area contributed by atoms with Crippen molar-refractivity contribution in [1.82, 2.24) is 9.78 Å². The van der Waals surface area contributed by atoms with Gasteiger partial charge in [0, 0.05) is 38.6 Å². The minimum atomic E-state index is -0.116. The molecular formula is C11H21N3O2. The van der Waals surface area contributed by atoms with E-state index in [-0.39, 0.29) is 12.7 Å². The van der Waals surface area contributed by atoms with Crippen LogP contribution in [0.1, 0.15) is 30.7 Å². The molecule has 0 saturated carbocycles. The predicted octanol–water partition coefficient (Wildman–Crippen LogP) is 0.381.